The van der Waals surface area contributed by atoms with Gasteiger partial charge in [-0.05, 0) is 44.5 Å². The average Bonchev–Trinajstić information content (AvgIpc) is 2.73. The van der Waals surface area contributed by atoms with Crippen LogP contribution in [0.5, 0.6) is 11.5 Å². The molecule has 0 radical (unpaired) electrons. The highest BCUT2D eigenvalue weighted by molar-refractivity contribution is 7.89. The molecule has 2 aromatic carbocycles. The van der Waals surface area contributed by atoms with E-state index in [1.165, 1.54) is 12.1 Å². The Morgan fingerprint density at radius 2 is 1.83 bits per heavy atom. The molecule has 1 N–H and O–H groups in total. The van der Waals surface area contributed by atoms with E-state index < -0.39 is 16.1 Å². The summed E-state index contributed by atoms with van der Waals surface area (Å²) in [6.07, 6.45) is 0.421. The number of hydrogen-bond donors (Lipinski definition) is 1. The zero-order valence-electron chi connectivity index (χ0n) is 17.5. The summed E-state index contributed by atoms with van der Waals surface area (Å²) in [6.45, 7) is 6.55. The van der Waals surface area contributed by atoms with Crippen LogP contribution in [0.15, 0.2) is 53.4 Å². The third-order valence-electron chi connectivity index (χ3n) is 4.83. The molecule has 0 fully saturated rings. The number of carbonyl (C=O) groups excluding carboxylic acids is 1. The highest BCUT2D eigenvalue weighted by Crippen LogP contribution is 2.31. The molecule has 1 amide bonds. The number of ether oxygens (including phenoxy) is 2. The highest BCUT2D eigenvalue weighted by Gasteiger charge is 2.29. The van der Waals surface area contributed by atoms with Crippen molar-refractivity contribution in [2.45, 2.75) is 44.2 Å². The van der Waals surface area contributed by atoms with Crippen molar-refractivity contribution in [1.82, 2.24) is 9.62 Å². The van der Waals surface area contributed by atoms with E-state index in [1.54, 1.807) is 24.0 Å². The second-order valence-corrected chi connectivity index (χ2v) is 9.15. The molecule has 2 aromatic rings. The van der Waals surface area contributed by atoms with Crippen LogP contribution in [0.3, 0.4) is 0 Å². The number of nitrogens with zero attached hydrogens (tertiary/aromatic N) is 1. The summed E-state index contributed by atoms with van der Waals surface area (Å²) in [5, 5.41) is 0. The van der Waals surface area contributed by atoms with Gasteiger partial charge in [-0.15, -0.1) is 0 Å². The van der Waals surface area contributed by atoms with E-state index >= 15 is 0 Å². The standard InChI is InChI=1S/C22H28N2O5S/c1-4-13-24(14-18-15-28-20-7-5-6-8-21(20)29-18)22(25)17(3)23-30(26,27)19-11-9-16(2)10-12-19/h5-12,17-18,23H,4,13-15H2,1-3H3. The van der Waals surface area contributed by atoms with Gasteiger partial charge in [-0.25, -0.2) is 8.42 Å². The number of aryl methyl sites for hydroxylation is 1. The van der Waals surface area contributed by atoms with Crippen molar-refractivity contribution < 1.29 is 22.7 Å². The van der Waals surface area contributed by atoms with Gasteiger partial charge in [-0.1, -0.05) is 36.8 Å². The summed E-state index contributed by atoms with van der Waals surface area (Å²) in [5.41, 5.74) is 0.962. The number of hydrogen-bond acceptors (Lipinski definition) is 5. The van der Waals surface area contributed by atoms with Gasteiger partial charge in [0, 0.05) is 6.54 Å². The number of amides is 1. The monoisotopic (exact) mass is 432 g/mol. The molecule has 30 heavy (non-hydrogen) atoms. The van der Waals surface area contributed by atoms with Gasteiger partial charge in [0.15, 0.2) is 17.6 Å². The first-order valence-electron chi connectivity index (χ1n) is 10.1. The summed E-state index contributed by atoms with van der Waals surface area (Å²) in [4.78, 5) is 14.8. The van der Waals surface area contributed by atoms with Crippen LogP contribution in [-0.2, 0) is 14.8 Å². The summed E-state index contributed by atoms with van der Waals surface area (Å²) in [7, 11) is -3.80. The number of nitrogens with one attached hydrogen (secondary N) is 1. The van der Waals surface area contributed by atoms with Gasteiger partial charge in [0.05, 0.1) is 17.5 Å². The minimum Gasteiger partial charge on any atom is -0.486 e. The first-order valence-corrected chi connectivity index (χ1v) is 11.5. The van der Waals surface area contributed by atoms with Crippen LogP contribution in [0.1, 0.15) is 25.8 Å². The molecule has 1 aliphatic heterocycles. The lowest BCUT2D eigenvalue weighted by Gasteiger charge is -2.32. The predicted molar refractivity (Wildman–Crippen MR) is 114 cm³/mol. The molecule has 0 saturated heterocycles. The number of fused-ring (bicyclic) bond motifs is 1. The Bertz CT molecular complexity index is 975. The van der Waals surface area contributed by atoms with Crippen LogP contribution < -0.4 is 14.2 Å². The predicted octanol–water partition coefficient (Wildman–Crippen LogP) is 2.74. The zero-order valence-corrected chi connectivity index (χ0v) is 18.3. The molecule has 0 bridgehead atoms. The van der Waals surface area contributed by atoms with Crippen LogP contribution in [-0.4, -0.2) is 51.1 Å². The SMILES string of the molecule is CCCN(CC1COc2ccccc2O1)C(=O)C(C)NS(=O)(=O)c1ccc(C)cc1. The van der Waals surface area contributed by atoms with Gasteiger partial charge in [0.25, 0.3) is 0 Å². The first-order chi connectivity index (χ1) is 14.3. The van der Waals surface area contributed by atoms with E-state index in [0.717, 1.165) is 12.0 Å². The molecule has 8 heteroatoms. The number of rotatable bonds is 8. The summed E-state index contributed by atoms with van der Waals surface area (Å²) in [6, 6.07) is 13.0. The quantitative estimate of drug-likeness (QED) is 0.693. The zero-order chi connectivity index (χ0) is 21.7. The lowest BCUT2D eigenvalue weighted by atomic mass is 10.2. The van der Waals surface area contributed by atoms with Gasteiger partial charge < -0.3 is 14.4 Å². The van der Waals surface area contributed by atoms with E-state index in [1.807, 2.05) is 38.1 Å². The fraction of sp³-hybridized carbons (Fsp3) is 0.409. The van der Waals surface area contributed by atoms with E-state index in [9.17, 15) is 13.2 Å². The lowest BCUT2D eigenvalue weighted by Crippen LogP contribution is -2.51. The molecule has 162 valence electrons. The van der Waals surface area contributed by atoms with Crippen molar-refractivity contribution in [3.8, 4) is 11.5 Å². The van der Waals surface area contributed by atoms with Crippen molar-refractivity contribution in [1.29, 1.82) is 0 Å². The van der Waals surface area contributed by atoms with Crippen molar-refractivity contribution >= 4 is 15.9 Å². The average molecular weight is 433 g/mol. The highest BCUT2D eigenvalue weighted by atomic mass is 32.2. The smallest absolute Gasteiger partial charge is 0.241 e. The molecule has 0 spiro atoms. The topological polar surface area (TPSA) is 84.9 Å². The van der Waals surface area contributed by atoms with Crippen LogP contribution in [0.4, 0.5) is 0 Å². The van der Waals surface area contributed by atoms with Gasteiger partial charge in [-0.2, -0.15) is 4.72 Å². The Labute approximate surface area is 178 Å². The Hall–Kier alpha value is -2.58. The first kappa shape index (κ1) is 22.1. The van der Waals surface area contributed by atoms with Gasteiger partial charge >= 0.3 is 0 Å². The Balaban J connectivity index is 1.66. The van der Waals surface area contributed by atoms with Crippen molar-refractivity contribution in [3.05, 3.63) is 54.1 Å². The molecule has 0 saturated carbocycles. The molecule has 2 unspecified atom stereocenters. The van der Waals surface area contributed by atoms with Gasteiger partial charge in [-0.3, -0.25) is 4.79 Å². The Morgan fingerprint density at radius 3 is 2.50 bits per heavy atom. The maximum absolute atomic E-state index is 13.0. The van der Waals surface area contributed by atoms with E-state index in [4.69, 9.17) is 9.47 Å². The largest absolute Gasteiger partial charge is 0.486 e. The molecule has 1 aliphatic rings. The molecule has 0 aromatic heterocycles. The van der Waals surface area contributed by atoms with Crippen LogP contribution in [0, 0.1) is 6.92 Å². The Morgan fingerprint density at radius 1 is 1.17 bits per heavy atom. The van der Waals surface area contributed by atoms with E-state index in [-0.39, 0.29) is 16.9 Å². The molecule has 2 atom stereocenters. The number of benzene rings is 2. The third-order valence-corrected chi connectivity index (χ3v) is 6.39. The molecular formula is C22H28N2O5S. The molecule has 0 aliphatic carbocycles. The number of sulfonamides is 1. The number of para-hydroxylation sites is 2. The second-order valence-electron chi connectivity index (χ2n) is 7.44. The fourth-order valence-electron chi connectivity index (χ4n) is 3.30. The van der Waals surface area contributed by atoms with Crippen molar-refractivity contribution in [2.75, 3.05) is 19.7 Å². The van der Waals surface area contributed by atoms with E-state index in [2.05, 4.69) is 4.72 Å². The van der Waals surface area contributed by atoms with Gasteiger partial charge in [0.1, 0.15) is 6.61 Å². The minimum absolute atomic E-state index is 0.135. The van der Waals surface area contributed by atoms with Crippen LogP contribution >= 0.6 is 0 Å². The van der Waals surface area contributed by atoms with Crippen molar-refractivity contribution in [3.63, 3.8) is 0 Å². The molecular weight excluding hydrogens is 404 g/mol. The maximum Gasteiger partial charge on any atom is 0.241 e. The summed E-state index contributed by atoms with van der Waals surface area (Å²) in [5.74, 6) is 1.03. The molecule has 1 heterocycles. The summed E-state index contributed by atoms with van der Waals surface area (Å²) >= 11 is 0. The van der Waals surface area contributed by atoms with Crippen molar-refractivity contribution in [2.24, 2.45) is 0 Å². The lowest BCUT2D eigenvalue weighted by molar-refractivity contribution is -0.134. The third kappa shape index (κ3) is 5.31. The van der Waals surface area contributed by atoms with Crippen LogP contribution in [0.25, 0.3) is 0 Å². The number of carbonyl (C=O) groups is 1. The normalized spacial score (nSPS) is 16.7. The van der Waals surface area contributed by atoms with E-state index in [0.29, 0.717) is 31.2 Å². The van der Waals surface area contributed by atoms with Crippen LogP contribution in [0.2, 0.25) is 0 Å². The second kappa shape index (κ2) is 9.49. The summed E-state index contributed by atoms with van der Waals surface area (Å²) < 4.78 is 39.5. The molecule has 7 nitrogen and oxygen atoms in total. The Kier molecular flexibility index (Phi) is 6.99. The fourth-order valence-corrected chi connectivity index (χ4v) is 4.50. The minimum atomic E-state index is -3.80. The maximum atomic E-state index is 13.0. The van der Waals surface area contributed by atoms with Gasteiger partial charge in [0.2, 0.25) is 15.9 Å². The molecule has 3 rings (SSSR count).